The maximum atomic E-state index is 13.5. The summed E-state index contributed by atoms with van der Waals surface area (Å²) in [6, 6.07) is 14.4. The Balaban J connectivity index is 1.29. The molecule has 5 rings (SSSR count). The quantitative estimate of drug-likeness (QED) is 0.305. The highest BCUT2D eigenvalue weighted by Crippen LogP contribution is 2.29. The summed E-state index contributed by atoms with van der Waals surface area (Å²) in [6.07, 6.45) is -0.384. The number of para-hydroxylation sites is 1. The Kier molecular flexibility index (Phi) is 7.55. The number of ether oxygens (including phenoxy) is 1. The number of anilines is 2. The molecule has 1 unspecified atom stereocenters. The topological polar surface area (TPSA) is 144 Å². The molecule has 0 saturated heterocycles. The Morgan fingerprint density at radius 3 is 2.60 bits per heavy atom. The first kappa shape index (κ1) is 27.3. The largest absolute Gasteiger partial charge is 0.449 e. The van der Waals surface area contributed by atoms with E-state index in [9.17, 15) is 18.0 Å². The lowest BCUT2D eigenvalue weighted by molar-refractivity contribution is -0.123. The van der Waals surface area contributed by atoms with Gasteiger partial charge in [0.25, 0.3) is 15.9 Å². The van der Waals surface area contributed by atoms with Crippen molar-refractivity contribution in [2.75, 3.05) is 23.1 Å². The van der Waals surface area contributed by atoms with Crippen molar-refractivity contribution in [2.45, 2.75) is 44.7 Å². The SMILES string of the molecule is CCN1CCc2nc3ccccc3c(C(=O)OC(C)C(=O)Nc3ccc(S(=O)(=O)Nc4cc(C)on4)cc3)c2C1. The molecule has 0 bridgehead atoms. The van der Waals surface area contributed by atoms with Crippen molar-refractivity contribution in [3.63, 3.8) is 0 Å². The van der Waals surface area contributed by atoms with Crippen LogP contribution < -0.4 is 10.0 Å². The van der Waals surface area contributed by atoms with Gasteiger partial charge in [-0.05, 0) is 50.7 Å². The molecule has 0 radical (unpaired) electrons. The van der Waals surface area contributed by atoms with E-state index in [4.69, 9.17) is 14.2 Å². The van der Waals surface area contributed by atoms with Gasteiger partial charge in [-0.15, -0.1) is 0 Å². The molecule has 12 heteroatoms. The summed E-state index contributed by atoms with van der Waals surface area (Å²) in [5.41, 5.74) is 3.18. The Bertz CT molecular complexity index is 1680. The number of amides is 1. The molecule has 40 heavy (non-hydrogen) atoms. The molecule has 1 atom stereocenters. The number of hydrogen-bond donors (Lipinski definition) is 2. The van der Waals surface area contributed by atoms with E-state index in [1.807, 2.05) is 24.3 Å². The number of pyridine rings is 1. The number of aryl methyl sites for hydroxylation is 1. The molecular formula is C28H29N5O6S. The van der Waals surface area contributed by atoms with Crippen molar-refractivity contribution in [1.29, 1.82) is 0 Å². The molecule has 0 spiro atoms. The van der Waals surface area contributed by atoms with Gasteiger partial charge in [-0.1, -0.05) is 30.3 Å². The van der Waals surface area contributed by atoms with Crippen molar-refractivity contribution in [3.05, 3.63) is 77.2 Å². The second-order valence-electron chi connectivity index (χ2n) is 9.54. The Hall–Kier alpha value is -4.29. The standard InChI is InChI=1S/C28H29N5O6S/c1-4-33-14-13-24-22(16-33)26(21-7-5-6-8-23(21)30-24)28(35)38-18(3)27(34)29-19-9-11-20(12-10-19)40(36,37)32-25-15-17(2)39-31-25/h5-12,15,18H,4,13-14,16H2,1-3H3,(H,29,34)(H,31,32). The smallest absolute Gasteiger partial charge is 0.339 e. The van der Waals surface area contributed by atoms with Crippen LogP contribution in [0.4, 0.5) is 11.5 Å². The van der Waals surface area contributed by atoms with Crippen LogP contribution in [-0.4, -0.2) is 54.5 Å². The zero-order valence-electron chi connectivity index (χ0n) is 22.3. The van der Waals surface area contributed by atoms with Gasteiger partial charge in [0.05, 0.1) is 16.0 Å². The van der Waals surface area contributed by atoms with Crippen LogP contribution in [0.25, 0.3) is 10.9 Å². The average Bonchev–Trinajstić information content (AvgIpc) is 3.34. The van der Waals surface area contributed by atoms with Gasteiger partial charge in [-0.25, -0.2) is 13.2 Å². The minimum absolute atomic E-state index is 0.0268. The van der Waals surface area contributed by atoms with Crippen molar-refractivity contribution >= 4 is 44.3 Å². The fraction of sp³-hybridized carbons (Fsp3) is 0.286. The van der Waals surface area contributed by atoms with Crippen LogP contribution in [0.3, 0.4) is 0 Å². The number of fused-ring (bicyclic) bond motifs is 2. The van der Waals surface area contributed by atoms with Crippen LogP contribution in [0.5, 0.6) is 0 Å². The maximum absolute atomic E-state index is 13.5. The summed E-state index contributed by atoms with van der Waals surface area (Å²) in [4.78, 5) is 33.3. The number of aromatic nitrogens is 2. The van der Waals surface area contributed by atoms with Crippen molar-refractivity contribution in [1.82, 2.24) is 15.0 Å². The summed E-state index contributed by atoms with van der Waals surface area (Å²) < 4.78 is 38.0. The molecule has 0 saturated carbocycles. The molecule has 0 fully saturated rings. The highest BCUT2D eigenvalue weighted by Gasteiger charge is 2.28. The van der Waals surface area contributed by atoms with E-state index in [1.54, 1.807) is 6.92 Å². The number of nitrogens with zero attached hydrogens (tertiary/aromatic N) is 3. The van der Waals surface area contributed by atoms with Gasteiger partial charge in [0.1, 0.15) is 5.76 Å². The highest BCUT2D eigenvalue weighted by molar-refractivity contribution is 7.92. The first-order chi connectivity index (χ1) is 19.1. The van der Waals surface area contributed by atoms with Crippen LogP contribution in [0, 0.1) is 6.92 Å². The number of carbonyl (C=O) groups is 2. The van der Waals surface area contributed by atoms with E-state index in [0.29, 0.717) is 34.5 Å². The molecule has 0 aliphatic carbocycles. The summed E-state index contributed by atoms with van der Waals surface area (Å²) >= 11 is 0. The van der Waals surface area contributed by atoms with Crippen molar-refractivity contribution in [3.8, 4) is 0 Å². The number of carbonyl (C=O) groups excluding carboxylic acids is 2. The summed E-state index contributed by atoms with van der Waals surface area (Å²) in [5.74, 6) is -0.615. The third-order valence-corrected chi connectivity index (χ3v) is 8.10. The van der Waals surface area contributed by atoms with Gasteiger partial charge in [-0.3, -0.25) is 19.4 Å². The summed E-state index contributed by atoms with van der Waals surface area (Å²) in [7, 11) is -3.90. The first-order valence-corrected chi connectivity index (χ1v) is 14.3. The minimum Gasteiger partial charge on any atom is -0.449 e. The van der Waals surface area contributed by atoms with E-state index in [2.05, 4.69) is 27.0 Å². The normalized spacial score (nSPS) is 14.4. The third-order valence-electron chi connectivity index (χ3n) is 6.73. The Morgan fingerprint density at radius 1 is 1.15 bits per heavy atom. The van der Waals surface area contributed by atoms with Gasteiger partial charge < -0.3 is 14.6 Å². The van der Waals surface area contributed by atoms with Crippen LogP contribution >= 0.6 is 0 Å². The van der Waals surface area contributed by atoms with Gasteiger partial charge in [0, 0.05) is 47.9 Å². The van der Waals surface area contributed by atoms with Gasteiger partial charge >= 0.3 is 5.97 Å². The summed E-state index contributed by atoms with van der Waals surface area (Å²) in [5, 5.41) is 6.98. The van der Waals surface area contributed by atoms with E-state index in [0.717, 1.165) is 30.8 Å². The van der Waals surface area contributed by atoms with Crippen molar-refractivity contribution in [2.24, 2.45) is 0 Å². The fourth-order valence-corrected chi connectivity index (χ4v) is 5.58. The highest BCUT2D eigenvalue weighted by atomic mass is 32.2. The second-order valence-corrected chi connectivity index (χ2v) is 11.2. The fourth-order valence-electron chi connectivity index (χ4n) is 4.59. The molecule has 1 aliphatic heterocycles. The molecular weight excluding hydrogens is 534 g/mol. The van der Waals surface area contributed by atoms with E-state index in [1.165, 1.54) is 37.3 Å². The lowest BCUT2D eigenvalue weighted by Crippen LogP contribution is -2.34. The van der Waals surface area contributed by atoms with E-state index >= 15 is 0 Å². The van der Waals surface area contributed by atoms with Crippen LogP contribution in [-0.2, 0) is 32.5 Å². The monoisotopic (exact) mass is 563 g/mol. The lowest BCUT2D eigenvalue weighted by atomic mass is 9.95. The number of rotatable bonds is 8. The van der Waals surface area contributed by atoms with Crippen LogP contribution in [0.1, 0.15) is 41.2 Å². The number of likely N-dealkylation sites (N-methyl/N-ethyl adjacent to an activating group) is 1. The van der Waals surface area contributed by atoms with Crippen molar-refractivity contribution < 1.29 is 27.3 Å². The van der Waals surface area contributed by atoms with Crippen LogP contribution in [0.2, 0.25) is 0 Å². The molecule has 1 amide bonds. The molecule has 4 aromatic rings. The minimum atomic E-state index is -3.90. The zero-order chi connectivity index (χ0) is 28.4. The number of sulfonamides is 1. The molecule has 11 nitrogen and oxygen atoms in total. The van der Waals surface area contributed by atoms with Gasteiger partial charge in [0.15, 0.2) is 11.9 Å². The van der Waals surface area contributed by atoms with E-state index in [-0.39, 0.29) is 10.7 Å². The van der Waals surface area contributed by atoms with Crippen LogP contribution in [0.15, 0.2) is 64.0 Å². The Morgan fingerprint density at radius 2 is 1.90 bits per heavy atom. The number of nitrogens with one attached hydrogen (secondary N) is 2. The van der Waals surface area contributed by atoms with Gasteiger partial charge in [-0.2, -0.15) is 0 Å². The zero-order valence-corrected chi connectivity index (χ0v) is 23.1. The molecule has 208 valence electrons. The number of esters is 1. The predicted octanol–water partition coefficient (Wildman–Crippen LogP) is 3.89. The predicted molar refractivity (Wildman–Crippen MR) is 148 cm³/mol. The lowest BCUT2D eigenvalue weighted by Gasteiger charge is -2.29. The van der Waals surface area contributed by atoms with E-state index < -0.39 is 28.0 Å². The van der Waals surface area contributed by atoms with Gasteiger partial charge in [0.2, 0.25) is 0 Å². The maximum Gasteiger partial charge on any atom is 0.339 e. The number of benzene rings is 2. The second kappa shape index (κ2) is 11.1. The Labute approximate surface area is 231 Å². The third kappa shape index (κ3) is 5.68. The molecule has 2 N–H and O–H groups in total. The first-order valence-electron chi connectivity index (χ1n) is 12.9. The average molecular weight is 564 g/mol. The molecule has 1 aliphatic rings. The molecule has 2 aromatic carbocycles. The number of hydrogen-bond acceptors (Lipinski definition) is 9. The summed E-state index contributed by atoms with van der Waals surface area (Å²) in [6.45, 7) is 7.49. The molecule has 2 aromatic heterocycles. The molecule has 3 heterocycles.